The van der Waals surface area contributed by atoms with E-state index >= 15 is 0 Å². The highest BCUT2D eigenvalue weighted by Gasteiger charge is 2.59. The van der Waals surface area contributed by atoms with Gasteiger partial charge in [-0.3, -0.25) is 0 Å². The molecule has 5 rings (SSSR count). The van der Waals surface area contributed by atoms with Gasteiger partial charge in [0.15, 0.2) is 0 Å². The molecule has 8 atom stereocenters. The molecule has 0 radical (unpaired) electrons. The molecule has 3 saturated carbocycles. The quantitative estimate of drug-likeness (QED) is 0.267. The van der Waals surface area contributed by atoms with Crippen LogP contribution in [0.2, 0.25) is 0 Å². The van der Waals surface area contributed by atoms with Crippen LogP contribution in [0.3, 0.4) is 0 Å². The lowest BCUT2D eigenvalue weighted by Crippen LogP contribution is -2.51. The van der Waals surface area contributed by atoms with Crippen LogP contribution < -0.4 is 0 Å². The second-order valence-corrected chi connectivity index (χ2v) is 14.4. The van der Waals surface area contributed by atoms with Crippen molar-refractivity contribution in [1.82, 2.24) is 0 Å². The molecule has 0 heterocycles. The van der Waals surface area contributed by atoms with Gasteiger partial charge in [0.2, 0.25) is 0 Å². The number of esters is 1. The molecule has 0 saturated heterocycles. The Hall–Kier alpha value is -2.10. The number of hydrogen-bond acceptors (Lipinski definition) is 3. The Labute approximate surface area is 236 Å². The van der Waals surface area contributed by atoms with Crippen LogP contribution in [0.1, 0.15) is 126 Å². The summed E-state index contributed by atoms with van der Waals surface area (Å²) in [7, 11) is 0. The number of carbonyl (C=O) groups excluding carboxylic acids is 1. The summed E-state index contributed by atoms with van der Waals surface area (Å²) in [6.07, 6.45) is 15.9. The summed E-state index contributed by atoms with van der Waals surface area (Å²) in [5.41, 5.74) is 2.34. The smallest absolute Gasteiger partial charge is 0.339 e. The topological polar surface area (TPSA) is 63.6 Å². The Morgan fingerprint density at radius 2 is 1.72 bits per heavy atom. The minimum Gasteiger partial charge on any atom is -0.478 e. The average Bonchev–Trinajstić information content (AvgIpc) is 3.26. The van der Waals surface area contributed by atoms with Crippen molar-refractivity contribution in [3.05, 3.63) is 47.0 Å². The highest BCUT2D eigenvalue weighted by molar-refractivity contribution is 6.02. The number of allylic oxidation sites excluding steroid dienone is 1. The van der Waals surface area contributed by atoms with Gasteiger partial charge in [0.25, 0.3) is 0 Å². The molecule has 0 aliphatic heterocycles. The Morgan fingerprint density at radius 3 is 2.44 bits per heavy atom. The van der Waals surface area contributed by atoms with Crippen LogP contribution in [0.5, 0.6) is 0 Å². The molecular weight excluding hydrogens is 484 g/mol. The van der Waals surface area contributed by atoms with Crippen molar-refractivity contribution in [3.63, 3.8) is 0 Å². The standard InChI is InChI=1S/C35H50O4/c1-22(2)9-8-10-23(3)29-15-16-30-28-14-13-24-21-25(17-19-34(24,4)31(28)18-20-35(29,30)5)39-33(38)27-12-7-6-11-26(27)32(36)37/h6-7,11-13,22-23,25,28-31H,8-10,14-21H2,1-5H3,(H,36,37)/t23?,25?,28?,29?,30?,31?,34-,35+/m0/s1. The van der Waals surface area contributed by atoms with Crippen LogP contribution in [0.4, 0.5) is 0 Å². The summed E-state index contributed by atoms with van der Waals surface area (Å²) in [4.78, 5) is 24.5. The second kappa shape index (κ2) is 11.1. The third-order valence-corrected chi connectivity index (χ3v) is 11.9. The SMILES string of the molecule is CC(C)CCCC(C)C1CCC2C3CC=C4CC(OC(=O)c5ccccc5C(=O)O)CC[C@]4(C)C3CC[C@]12C. The maximum atomic E-state index is 12.9. The van der Waals surface area contributed by atoms with Gasteiger partial charge in [-0.15, -0.1) is 0 Å². The third kappa shape index (κ3) is 5.22. The molecule has 4 aliphatic carbocycles. The second-order valence-electron chi connectivity index (χ2n) is 14.4. The first-order valence-electron chi connectivity index (χ1n) is 15.8. The van der Waals surface area contributed by atoms with Crippen molar-refractivity contribution in [2.75, 3.05) is 0 Å². The molecule has 1 aromatic carbocycles. The summed E-state index contributed by atoms with van der Waals surface area (Å²) >= 11 is 0. The van der Waals surface area contributed by atoms with Gasteiger partial charge < -0.3 is 9.84 Å². The van der Waals surface area contributed by atoms with Gasteiger partial charge in [0, 0.05) is 6.42 Å². The first-order chi connectivity index (χ1) is 18.5. The largest absolute Gasteiger partial charge is 0.478 e. The van der Waals surface area contributed by atoms with Gasteiger partial charge in [0.1, 0.15) is 6.10 Å². The van der Waals surface area contributed by atoms with E-state index in [4.69, 9.17) is 4.74 Å². The van der Waals surface area contributed by atoms with Crippen LogP contribution >= 0.6 is 0 Å². The summed E-state index contributed by atoms with van der Waals surface area (Å²) in [5, 5.41) is 9.49. The van der Waals surface area contributed by atoms with Gasteiger partial charge in [-0.2, -0.15) is 0 Å². The van der Waals surface area contributed by atoms with Crippen molar-refractivity contribution in [3.8, 4) is 0 Å². The fourth-order valence-corrected chi connectivity index (χ4v) is 9.82. The lowest BCUT2D eigenvalue weighted by atomic mass is 9.47. The molecule has 0 aromatic heterocycles. The van der Waals surface area contributed by atoms with Crippen molar-refractivity contribution in [2.24, 2.45) is 46.3 Å². The number of carboxylic acid groups (broad SMARTS) is 1. The van der Waals surface area contributed by atoms with Gasteiger partial charge in [-0.1, -0.05) is 77.7 Å². The van der Waals surface area contributed by atoms with Crippen molar-refractivity contribution in [2.45, 2.75) is 111 Å². The van der Waals surface area contributed by atoms with Crippen molar-refractivity contribution < 1.29 is 19.4 Å². The summed E-state index contributed by atoms with van der Waals surface area (Å²) in [5.74, 6) is 3.26. The number of rotatable bonds is 8. The minimum absolute atomic E-state index is 0.0113. The average molecular weight is 535 g/mol. The van der Waals surface area contributed by atoms with Gasteiger partial charge in [-0.25, -0.2) is 9.59 Å². The number of carbonyl (C=O) groups is 2. The number of ether oxygens (including phenoxy) is 1. The number of fused-ring (bicyclic) bond motifs is 5. The predicted octanol–water partition coefficient (Wildman–Crippen LogP) is 8.95. The van der Waals surface area contributed by atoms with Crippen molar-refractivity contribution >= 4 is 11.9 Å². The lowest BCUT2D eigenvalue weighted by Gasteiger charge is -2.58. The molecule has 214 valence electrons. The third-order valence-electron chi connectivity index (χ3n) is 11.9. The summed E-state index contributed by atoms with van der Waals surface area (Å²) < 4.78 is 5.93. The molecule has 1 N–H and O–H groups in total. The molecule has 0 bridgehead atoms. The van der Waals surface area contributed by atoms with Crippen LogP contribution in [0, 0.1) is 46.3 Å². The van der Waals surface area contributed by atoms with Crippen molar-refractivity contribution in [1.29, 1.82) is 0 Å². The molecule has 1 aromatic rings. The monoisotopic (exact) mass is 534 g/mol. The van der Waals surface area contributed by atoms with Gasteiger partial charge >= 0.3 is 11.9 Å². The fraction of sp³-hybridized carbons (Fsp3) is 0.714. The van der Waals surface area contributed by atoms with Crippen LogP contribution in [0.15, 0.2) is 35.9 Å². The molecule has 4 aliphatic rings. The predicted molar refractivity (Wildman–Crippen MR) is 156 cm³/mol. The van der Waals surface area contributed by atoms with E-state index in [0.717, 1.165) is 54.8 Å². The molecule has 39 heavy (non-hydrogen) atoms. The molecule has 0 amide bonds. The number of hydrogen-bond donors (Lipinski definition) is 1. The van der Waals surface area contributed by atoms with E-state index in [2.05, 4.69) is 40.7 Å². The normalized spacial score (nSPS) is 36.4. The van der Waals surface area contributed by atoms with Crippen LogP contribution in [0.25, 0.3) is 0 Å². The highest BCUT2D eigenvalue weighted by Crippen LogP contribution is 2.67. The Balaban J connectivity index is 1.26. The van der Waals surface area contributed by atoms with E-state index < -0.39 is 11.9 Å². The van der Waals surface area contributed by atoms with E-state index in [9.17, 15) is 14.7 Å². The van der Waals surface area contributed by atoms with Crippen LogP contribution in [-0.4, -0.2) is 23.1 Å². The zero-order valence-electron chi connectivity index (χ0n) is 24.9. The van der Waals surface area contributed by atoms with E-state index in [0.29, 0.717) is 5.41 Å². The first-order valence-corrected chi connectivity index (χ1v) is 15.8. The zero-order valence-corrected chi connectivity index (χ0v) is 24.9. The molecule has 3 fully saturated rings. The van der Waals surface area contributed by atoms with E-state index in [1.54, 1.807) is 18.2 Å². The number of aromatic carboxylic acids is 1. The van der Waals surface area contributed by atoms with Crippen LogP contribution in [-0.2, 0) is 4.74 Å². The minimum atomic E-state index is -1.09. The molecule has 4 heteroatoms. The fourth-order valence-electron chi connectivity index (χ4n) is 9.82. The summed E-state index contributed by atoms with van der Waals surface area (Å²) in [6.45, 7) is 12.4. The zero-order chi connectivity index (χ0) is 27.9. The van der Waals surface area contributed by atoms with Gasteiger partial charge in [-0.05, 0) is 103 Å². The Kier molecular flexibility index (Phi) is 8.06. The first kappa shape index (κ1) is 28.4. The molecular formula is C35H50O4. The van der Waals surface area contributed by atoms with E-state index in [1.807, 2.05) is 0 Å². The summed E-state index contributed by atoms with van der Waals surface area (Å²) in [6, 6.07) is 6.37. The molecule has 0 spiro atoms. The van der Waals surface area contributed by atoms with Gasteiger partial charge in [0.05, 0.1) is 11.1 Å². The maximum absolute atomic E-state index is 12.9. The molecule has 4 nitrogen and oxygen atoms in total. The van der Waals surface area contributed by atoms with E-state index in [-0.39, 0.29) is 22.6 Å². The van der Waals surface area contributed by atoms with E-state index in [1.165, 1.54) is 63.0 Å². The maximum Gasteiger partial charge on any atom is 0.339 e. The Morgan fingerprint density at radius 1 is 0.974 bits per heavy atom. The highest BCUT2D eigenvalue weighted by atomic mass is 16.5. The lowest BCUT2D eigenvalue weighted by molar-refractivity contribution is -0.0594. The molecule has 6 unspecified atom stereocenters. The Bertz CT molecular complexity index is 1100. The number of benzene rings is 1. The number of carboxylic acids is 1.